The Morgan fingerprint density at radius 1 is 1.43 bits per heavy atom. The Morgan fingerprint density at radius 3 is 2.87 bits per heavy atom. The van der Waals surface area contributed by atoms with E-state index in [0.29, 0.717) is 25.3 Å². The molecule has 1 aliphatic heterocycles. The lowest BCUT2D eigenvalue weighted by atomic mass is 9.98. The van der Waals surface area contributed by atoms with Crippen molar-refractivity contribution in [3.63, 3.8) is 0 Å². The summed E-state index contributed by atoms with van der Waals surface area (Å²) in [7, 11) is -3.56. The van der Waals surface area contributed by atoms with Crippen molar-refractivity contribution in [2.45, 2.75) is 44.1 Å². The number of nitrogens with zero attached hydrogens (tertiary/aromatic N) is 2. The number of aromatic amines is 1. The van der Waals surface area contributed by atoms with Crippen molar-refractivity contribution < 1.29 is 13.2 Å². The van der Waals surface area contributed by atoms with Gasteiger partial charge in [-0.05, 0) is 31.6 Å². The molecular weight excluding hydrogens is 316 g/mol. The predicted octanol–water partition coefficient (Wildman–Crippen LogP) is 0.899. The summed E-state index contributed by atoms with van der Waals surface area (Å²) in [5.41, 5.74) is 0. The summed E-state index contributed by atoms with van der Waals surface area (Å²) in [6, 6.07) is 0. The van der Waals surface area contributed by atoms with E-state index in [4.69, 9.17) is 0 Å². The molecule has 0 bridgehead atoms. The number of amides is 1. The fraction of sp³-hybridized carbons (Fsp3) is 0.733. The molecule has 128 valence electrons. The normalized spacial score (nSPS) is 22.3. The number of carbonyl (C=O) groups excluding carboxylic acids is 1. The summed E-state index contributed by atoms with van der Waals surface area (Å²) in [6.45, 7) is 3.73. The molecule has 2 aliphatic rings. The lowest BCUT2D eigenvalue weighted by molar-refractivity contribution is -0.134. The van der Waals surface area contributed by atoms with Crippen LogP contribution in [0.15, 0.2) is 11.2 Å². The molecule has 8 heteroatoms. The second-order valence-corrected chi connectivity index (χ2v) is 8.20. The zero-order valence-electron chi connectivity index (χ0n) is 13.4. The minimum atomic E-state index is -3.56. The van der Waals surface area contributed by atoms with Gasteiger partial charge in [-0.3, -0.25) is 4.79 Å². The zero-order valence-corrected chi connectivity index (χ0v) is 14.2. The van der Waals surface area contributed by atoms with Crippen LogP contribution in [0.4, 0.5) is 0 Å². The number of sulfonamides is 1. The first kappa shape index (κ1) is 16.4. The molecule has 0 unspecified atom stereocenters. The number of aryl methyl sites for hydroxylation is 1. The van der Waals surface area contributed by atoms with Crippen LogP contribution in [0.3, 0.4) is 0 Å². The van der Waals surface area contributed by atoms with Gasteiger partial charge in [0, 0.05) is 32.0 Å². The molecule has 1 amide bonds. The summed E-state index contributed by atoms with van der Waals surface area (Å²) >= 11 is 0. The molecule has 1 saturated carbocycles. The van der Waals surface area contributed by atoms with E-state index >= 15 is 0 Å². The number of hydrogen-bond acceptors (Lipinski definition) is 4. The molecule has 1 atom stereocenters. The maximum absolute atomic E-state index is 12.3. The van der Waals surface area contributed by atoms with Crippen molar-refractivity contribution in [3.8, 4) is 0 Å². The smallest absolute Gasteiger partial charge is 0.257 e. The van der Waals surface area contributed by atoms with Crippen LogP contribution in [-0.2, 0) is 21.2 Å². The maximum Gasteiger partial charge on any atom is 0.257 e. The number of H-pyrrole nitrogens is 1. The molecule has 0 radical (unpaired) electrons. The van der Waals surface area contributed by atoms with Crippen molar-refractivity contribution in [3.05, 3.63) is 12.0 Å². The lowest BCUT2D eigenvalue weighted by Crippen LogP contribution is -2.44. The SMILES string of the molecule is CCc1ncc(S(=O)(=O)NC[C@@H]2CCCN(C(=O)C3CC3)C2)[nH]1. The fourth-order valence-electron chi connectivity index (χ4n) is 2.99. The monoisotopic (exact) mass is 340 g/mol. The highest BCUT2D eigenvalue weighted by molar-refractivity contribution is 7.89. The maximum atomic E-state index is 12.3. The average molecular weight is 340 g/mol. The highest BCUT2D eigenvalue weighted by Crippen LogP contribution is 2.32. The molecule has 1 aromatic heterocycles. The Labute approximate surface area is 136 Å². The predicted molar refractivity (Wildman–Crippen MR) is 85.2 cm³/mol. The van der Waals surface area contributed by atoms with Gasteiger partial charge in [0.1, 0.15) is 5.82 Å². The molecular formula is C15H24N4O3S. The summed E-state index contributed by atoms with van der Waals surface area (Å²) in [4.78, 5) is 20.9. The third-order valence-corrected chi connectivity index (χ3v) is 5.88. The summed E-state index contributed by atoms with van der Waals surface area (Å²) in [6.07, 6.45) is 5.91. The summed E-state index contributed by atoms with van der Waals surface area (Å²) in [5, 5.41) is 0.107. The first-order valence-corrected chi connectivity index (χ1v) is 9.80. The van der Waals surface area contributed by atoms with Gasteiger partial charge in [-0.25, -0.2) is 18.1 Å². The molecule has 23 heavy (non-hydrogen) atoms. The highest BCUT2D eigenvalue weighted by atomic mass is 32.2. The van der Waals surface area contributed by atoms with Gasteiger partial charge >= 0.3 is 0 Å². The van der Waals surface area contributed by atoms with Crippen LogP contribution in [0.25, 0.3) is 0 Å². The number of hydrogen-bond donors (Lipinski definition) is 2. The largest absolute Gasteiger partial charge is 0.342 e. The number of nitrogens with one attached hydrogen (secondary N) is 2. The van der Waals surface area contributed by atoms with Crippen LogP contribution >= 0.6 is 0 Å². The zero-order chi connectivity index (χ0) is 16.4. The van der Waals surface area contributed by atoms with Gasteiger partial charge in [0.25, 0.3) is 10.0 Å². The van der Waals surface area contributed by atoms with Crippen LogP contribution in [0.1, 0.15) is 38.4 Å². The van der Waals surface area contributed by atoms with Crippen molar-refractivity contribution in [1.29, 1.82) is 0 Å². The Balaban J connectivity index is 1.55. The van der Waals surface area contributed by atoms with Crippen molar-refractivity contribution >= 4 is 15.9 Å². The Morgan fingerprint density at radius 2 is 2.22 bits per heavy atom. The first-order valence-electron chi connectivity index (χ1n) is 8.32. The quantitative estimate of drug-likeness (QED) is 0.804. The molecule has 1 saturated heterocycles. The van der Waals surface area contributed by atoms with Crippen LogP contribution in [-0.4, -0.2) is 48.8 Å². The van der Waals surface area contributed by atoms with Crippen LogP contribution in [0.2, 0.25) is 0 Å². The molecule has 7 nitrogen and oxygen atoms in total. The Bertz CT molecular complexity index is 666. The lowest BCUT2D eigenvalue weighted by Gasteiger charge is -2.33. The third-order valence-electron chi connectivity index (χ3n) is 4.55. The number of likely N-dealkylation sites (tertiary alicyclic amines) is 1. The van der Waals surface area contributed by atoms with E-state index in [1.807, 2.05) is 11.8 Å². The number of rotatable bonds is 6. The van der Waals surface area contributed by atoms with Crippen molar-refractivity contribution in [1.82, 2.24) is 19.6 Å². The molecule has 1 aromatic rings. The van der Waals surface area contributed by atoms with Crippen LogP contribution in [0, 0.1) is 11.8 Å². The standard InChI is InChI=1S/C15H24N4O3S/c1-2-13-16-9-14(18-13)23(21,22)17-8-11-4-3-7-19(10-11)15(20)12-5-6-12/h9,11-12,17H,2-8,10H2,1H3,(H,16,18)/t11-/m0/s1. The van der Waals surface area contributed by atoms with E-state index in [9.17, 15) is 13.2 Å². The van der Waals surface area contributed by atoms with Gasteiger partial charge in [-0.1, -0.05) is 6.92 Å². The topological polar surface area (TPSA) is 95.2 Å². The fourth-order valence-corrected chi connectivity index (χ4v) is 4.04. The Kier molecular flexibility index (Phi) is 4.72. The minimum absolute atomic E-state index is 0.107. The van der Waals surface area contributed by atoms with Gasteiger partial charge in [0.2, 0.25) is 5.91 Å². The second-order valence-electron chi connectivity index (χ2n) is 6.47. The Hall–Kier alpha value is -1.41. The van der Waals surface area contributed by atoms with Gasteiger partial charge in [0.05, 0.1) is 6.20 Å². The number of aromatic nitrogens is 2. The van der Waals surface area contributed by atoms with E-state index < -0.39 is 10.0 Å². The van der Waals surface area contributed by atoms with Gasteiger partial charge in [0.15, 0.2) is 5.03 Å². The molecule has 0 aromatic carbocycles. The van der Waals surface area contributed by atoms with Crippen LogP contribution < -0.4 is 4.72 Å². The second kappa shape index (κ2) is 6.60. The molecule has 3 rings (SSSR count). The van der Waals surface area contributed by atoms with E-state index in [1.54, 1.807) is 0 Å². The van der Waals surface area contributed by atoms with E-state index in [-0.39, 0.29) is 22.8 Å². The minimum Gasteiger partial charge on any atom is -0.342 e. The number of imidazole rings is 1. The number of carbonyl (C=O) groups is 1. The molecule has 2 fully saturated rings. The molecule has 1 aliphatic carbocycles. The molecule has 0 spiro atoms. The van der Waals surface area contributed by atoms with Crippen molar-refractivity contribution in [2.75, 3.05) is 19.6 Å². The van der Waals surface area contributed by atoms with E-state index in [1.165, 1.54) is 6.20 Å². The van der Waals surface area contributed by atoms with Gasteiger partial charge in [-0.2, -0.15) is 0 Å². The molecule has 2 N–H and O–H groups in total. The molecule has 2 heterocycles. The van der Waals surface area contributed by atoms with Crippen molar-refractivity contribution in [2.24, 2.45) is 11.8 Å². The van der Waals surface area contributed by atoms with Gasteiger partial charge < -0.3 is 9.88 Å². The number of piperidine rings is 1. The first-order chi connectivity index (χ1) is 11.0. The summed E-state index contributed by atoms with van der Waals surface area (Å²) < 4.78 is 27.2. The van der Waals surface area contributed by atoms with Crippen LogP contribution in [0.5, 0.6) is 0 Å². The van der Waals surface area contributed by atoms with Gasteiger partial charge in [-0.15, -0.1) is 0 Å². The summed E-state index contributed by atoms with van der Waals surface area (Å²) in [5.74, 6) is 1.31. The van der Waals surface area contributed by atoms with E-state index in [0.717, 1.165) is 32.2 Å². The average Bonchev–Trinajstić information content (AvgIpc) is 3.29. The highest BCUT2D eigenvalue weighted by Gasteiger charge is 2.35. The third kappa shape index (κ3) is 3.92. The van der Waals surface area contributed by atoms with E-state index in [2.05, 4.69) is 14.7 Å².